The van der Waals surface area contributed by atoms with E-state index >= 15 is 0 Å². The minimum Gasteiger partial charge on any atom is -0.493 e. The molecule has 0 radical (unpaired) electrons. The van der Waals surface area contributed by atoms with Crippen molar-refractivity contribution in [1.29, 1.82) is 0 Å². The molecule has 2 rings (SSSR count). The maximum Gasteiger partial charge on any atom is 0.263 e. The molecule has 1 aromatic rings. The molecule has 0 saturated carbocycles. The largest absolute Gasteiger partial charge is 0.493 e. The summed E-state index contributed by atoms with van der Waals surface area (Å²) in [6.45, 7) is -0.322. The molecule has 10 heteroatoms. The summed E-state index contributed by atoms with van der Waals surface area (Å²) in [5.74, 6) is -1.27. The Morgan fingerprint density at radius 2 is 1.96 bits per heavy atom. The fraction of sp³-hybridized carbons (Fsp3) is 0.143. The molecule has 0 aliphatic carbocycles. The second-order valence-corrected chi connectivity index (χ2v) is 5.85. The number of methoxy groups -OCH3 is 1. The second kappa shape index (κ2) is 7.41. The van der Waals surface area contributed by atoms with E-state index in [9.17, 15) is 14.4 Å². The van der Waals surface area contributed by atoms with Crippen molar-refractivity contribution >= 4 is 57.1 Å². The highest BCUT2D eigenvalue weighted by molar-refractivity contribution is 9.10. The predicted molar refractivity (Wildman–Crippen MR) is 92.2 cm³/mol. The van der Waals surface area contributed by atoms with Crippen LogP contribution in [0.5, 0.6) is 11.5 Å². The van der Waals surface area contributed by atoms with Crippen LogP contribution in [0.4, 0.5) is 0 Å². The van der Waals surface area contributed by atoms with E-state index in [1.807, 2.05) is 0 Å². The summed E-state index contributed by atoms with van der Waals surface area (Å²) in [4.78, 5) is 34.6. The summed E-state index contributed by atoms with van der Waals surface area (Å²) >= 11 is 8.02. The van der Waals surface area contributed by atoms with E-state index < -0.39 is 17.7 Å². The molecular formula is C14H12BrN3O5S. The fourth-order valence-corrected chi connectivity index (χ4v) is 2.64. The fourth-order valence-electron chi connectivity index (χ4n) is 1.88. The van der Waals surface area contributed by atoms with Crippen molar-refractivity contribution in [3.8, 4) is 11.5 Å². The molecule has 4 N–H and O–H groups in total. The molecule has 0 unspecified atom stereocenters. The maximum absolute atomic E-state index is 11.9. The van der Waals surface area contributed by atoms with Crippen LogP contribution in [0.1, 0.15) is 5.56 Å². The van der Waals surface area contributed by atoms with Gasteiger partial charge in [0.15, 0.2) is 23.2 Å². The van der Waals surface area contributed by atoms with Crippen molar-refractivity contribution in [1.82, 2.24) is 10.6 Å². The van der Waals surface area contributed by atoms with Crippen LogP contribution in [0, 0.1) is 0 Å². The average molecular weight is 414 g/mol. The molecular weight excluding hydrogens is 402 g/mol. The van der Waals surface area contributed by atoms with E-state index in [1.54, 1.807) is 12.1 Å². The molecule has 3 amide bonds. The Balaban J connectivity index is 2.38. The Kier molecular flexibility index (Phi) is 5.52. The zero-order valence-corrected chi connectivity index (χ0v) is 14.7. The van der Waals surface area contributed by atoms with Gasteiger partial charge in [-0.1, -0.05) is 0 Å². The first-order valence-electron chi connectivity index (χ1n) is 6.48. The van der Waals surface area contributed by atoms with Crippen LogP contribution < -0.4 is 25.8 Å². The van der Waals surface area contributed by atoms with Crippen molar-refractivity contribution in [2.75, 3.05) is 13.7 Å². The number of thiocarbonyl (C=S) groups is 1. The van der Waals surface area contributed by atoms with E-state index in [-0.39, 0.29) is 23.0 Å². The summed E-state index contributed by atoms with van der Waals surface area (Å²) in [7, 11) is 1.41. The summed E-state index contributed by atoms with van der Waals surface area (Å²) in [6.07, 6.45) is 1.37. The van der Waals surface area contributed by atoms with Crippen LogP contribution in [0.15, 0.2) is 22.2 Å². The molecule has 0 atom stereocenters. The highest BCUT2D eigenvalue weighted by atomic mass is 79.9. The molecule has 0 spiro atoms. The first-order chi connectivity index (χ1) is 11.3. The van der Waals surface area contributed by atoms with Gasteiger partial charge in [-0.05, 0) is 51.9 Å². The monoisotopic (exact) mass is 413 g/mol. The minimum absolute atomic E-state index is 0.0453. The van der Waals surface area contributed by atoms with Crippen molar-refractivity contribution < 1.29 is 23.9 Å². The number of hydrogen-bond acceptors (Lipinski definition) is 6. The molecule has 1 saturated heterocycles. The van der Waals surface area contributed by atoms with Gasteiger partial charge in [-0.3, -0.25) is 25.0 Å². The predicted octanol–water partition coefficient (Wildman–Crippen LogP) is 0.236. The van der Waals surface area contributed by atoms with Gasteiger partial charge >= 0.3 is 0 Å². The van der Waals surface area contributed by atoms with Gasteiger partial charge in [-0.25, -0.2) is 0 Å². The SMILES string of the molecule is COc1cc(C=C2C(=O)NC(=S)NC2=O)cc(Br)c1OCC(N)=O. The molecule has 1 aliphatic heterocycles. The zero-order chi connectivity index (χ0) is 17.9. The number of ether oxygens (including phenoxy) is 2. The lowest BCUT2D eigenvalue weighted by molar-refractivity contribution is -0.123. The Bertz CT molecular complexity index is 756. The number of carbonyl (C=O) groups is 3. The van der Waals surface area contributed by atoms with Crippen molar-refractivity contribution in [3.05, 3.63) is 27.7 Å². The Morgan fingerprint density at radius 1 is 1.33 bits per heavy atom. The lowest BCUT2D eigenvalue weighted by Crippen LogP contribution is -2.51. The van der Waals surface area contributed by atoms with E-state index in [2.05, 4.69) is 26.6 Å². The summed E-state index contributed by atoms with van der Waals surface area (Å²) in [6, 6.07) is 3.14. The first-order valence-corrected chi connectivity index (χ1v) is 7.69. The Hall–Kier alpha value is -2.46. The van der Waals surface area contributed by atoms with Crippen molar-refractivity contribution in [3.63, 3.8) is 0 Å². The smallest absolute Gasteiger partial charge is 0.263 e. The molecule has 24 heavy (non-hydrogen) atoms. The summed E-state index contributed by atoms with van der Waals surface area (Å²) in [5, 5.41) is 4.64. The molecule has 0 bridgehead atoms. The van der Waals surface area contributed by atoms with Crippen molar-refractivity contribution in [2.45, 2.75) is 0 Å². The topological polar surface area (TPSA) is 120 Å². The van der Waals surface area contributed by atoms with Gasteiger partial charge in [0.1, 0.15) is 5.57 Å². The van der Waals surface area contributed by atoms with Gasteiger partial charge < -0.3 is 15.2 Å². The third kappa shape index (κ3) is 4.09. The standard InChI is InChI=1S/C14H12BrN3O5S/c1-22-9-4-6(3-8(15)11(9)23-5-10(16)19)2-7-12(20)17-14(24)18-13(7)21/h2-4H,5H2,1H3,(H2,16,19)(H2,17,18,20,21,24). The average Bonchev–Trinajstić information content (AvgIpc) is 2.49. The normalized spacial score (nSPS) is 13.9. The third-order valence-electron chi connectivity index (χ3n) is 2.86. The highest BCUT2D eigenvalue weighted by Crippen LogP contribution is 2.37. The van der Waals surface area contributed by atoms with Crippen LogP contribution in [0.2, 0.25) is 0 Å². The van der Waals surface area contributed by atoms with Crippen LogP contribution in [0.25, 0.3) is 6.08 Å². The number of amides is 3. The van der Waals surface area contributed by atoms with Gasteiger partial charge in [0, 0.05) is 0 Å². The van der Waals surface area contributed by atoms with E-state index in [0.29, 0.717) is 15.8 Å². The van der Waals surface area contributed by atoms with Crippen LogP contribution >= 0.6 is 28.1 Å². The Labute approximate surface area is 150 Å². The van der Waals surface area contributed by atoms with Gasteiger partial charge in [0.2, 0.25) is 0 Å². The molecule has 1 heterocycles. The van der Waals surface area contributed by atoms with Gasteiger partial charge in [0.05, 0.1) is 11.6 Å². The number of halogens is 1. The zero-order valence-electron chi connectivity index (χ0n) is 12.3. The van der Waals surface area contributed by atoms with Gasteiger partial charge in [-0.15, -0.1) is 0 Å². The third-order valence-corrected chi connectivity index (χ3v) is 3.66. The van der Waals surface area contributed by atoms with E-state index in [4.69, 9.17) is 27.4 Å². The lowest BCUT2D eigenvalue weighted by Gasteiger charge is -2.17. The van der Waals surface area contributed by atoms with Gasteiger partial charge in [0.25, 0.3) is 17.7 Å². The van der Waals surface area contributed by atoms with Crippen LogP contribution in [-0.2, 0) is 14.4 Å². The van der Waals surface area contributed by atoms with Gasteiger partial charge in [-0.2, -0.15) is 0 Å². The molecule has 1 aromatic carbocycles. The summed E-state index contributed by atoms with van der Waals surface area (Å²) in [5.41, 5.74) is 5.44. The molecule has 126 valence electrons. The van der Waals surface area contributed by atoms with E-state index in [1.165, 1.54) is 13.2 Å². The molecule has 1 fully saturated rings. The Morgan fingerprint density at radius 3 is 2.50 bits per heavy atom. The number of carbonyl (C=O) groups excluding carboxylic acids is 3. The summed E-state index contributed by atoms with van der Waals surface area (Å²) < 4.78 is 10.9. The van der Waals surface area contributed by atoms with Crippen LogP contribution in [-0.4, -0.2) is 36.6 Å². The van der Waals surface area contributed by atoms with E-state index in [0.717, 1.165) is 0 Å². The molecule has 8 nitrogen and oxygen atoms in total. The molecule has 1 aliphatic rings. The van der Waals surface area contributed by atoms with Crippen molar-refractivity contribution in [2.24, 2.45) is 5.73 Å². The maximum atomic E-state index is 11.9. The molecule has 0 aromatic heterocycles. The lowest BCUT2D eigenvalue weighted by atomic mass is 10.1. The first kappa shape index (κ1) is 17.9. The number of benzene rings is 1. The number of nitrogens with two attached hydrogens (primary N) is 1. The number of nitrogens with one attached hydrogen (secondary N) is 2. The highest BCUT2D eigenvalue weighted by Gasteiger charge is 2.26. The number of rotatable bonds is 5. The second-order valence-electron chi connectivity index (χ2n) is 4.58. The number of primary amides is 1. The van der Waals surface area contributed by atoms with Crippen LogP contribution in [0.3, 0.4) is 0 Å². The minimum atomic E-state index is -0.637. The quantitative estimate of drug-likeness (QED) is 0.361. The number of hydrogen-bond donors (Lipinski definition) is 3.